The zero-order valence-electron chi connectivity index (χ0n) is 8.69. The van der Waals surface area contributed by atoms with E-state index in [-0.39, 0.29) is 0 Å². The van der Waals surface area contributed by atoms with Crippen molar-refractivity contribution in [2.75, 3.05) is 6.54 Å². The lowest BCUT2D eigenvalue weighted by molar-refractivity contribution is 0.372. The maximum Gasteiger partial charge on any atom is 0.226 e. The van der Waals surface area contributed by atoms with Gasteiger partial charge in [0.05, 0.1) is 5.75 Å². The van der Waals surface area contributed by atoms with E-state index in [0.29, 0.717) is 17.7 Å². The van der Waals surface area contributed by atoms with Gasteiger partial charge in [0, 0.05) is 6.42 Å². The fraction of sp³-hybridized carbons (Fsp3) is 0.778. The van der Waals surface area contributed by atoms with E-state index in [1.807, 2.05) is 11.8 Å². The van der Waals surface area contributed by atoms with E-state index in [0.717, 1.165) is 24.4 Å². The van der Waals surface area contributed by atoms with E-state index in [4.69, 9.17) is 10.3 Å². The van der Waals surface area contributed by atoms with Crippen LogP contribution in [0.4, 0.5) is 0 Å². The molecule has 0 aliphatic heterocycles. The molecule has 80 valence electrons. The van der Waals surface area contributed by atoms with Gasteiger partial charge in [-0.25, -0.2) is 0 Å². The molecule has 0 radical (unpaired) electrons. The Balaban J connectivity index is 2.35. The number of thioether (sulfide) groups is 1. The Morgan fingerprint density at radius 1 is 1.50 bits per heavy atom. The van der Waals surface area contributed by atoms with Gasteiger partial charge in [0.25, 0.3) is 0 Å². The summed E-state index contributed by atoms with van der Waals surface area (Å²) in [6.45, 7) is 4.97. The third kappa shape index (κ3) is 4.11. The highest BCUT2D eigenvalue weighted by molar-refractivity contribution is 7.99. The molecule has 0 saturated heterocycles. The lowest BCUT2D eigenvalue weighted by Crippen LogP contribution is -2.00. The minimum atomic E-state index is 0.598. The summed E-state index contributed by atoms with van der Waals surface area (Å²) in [5.41, 5.74) is 5.39. The maximum atomic E-state index is 5.39. The van der Waals surface area contributed by atoms with Gasteiger partial charge in [0.2, 0.25) is 5.89 Å². The van der Waals surface area contributed by atoms with Crippen molar-refractivity contribution in [1.29, 1.82) is 0 Å². The van der Waals surface area contributed by atoms with Crippen LogP contribution in [0.2, 0.25) is 0 Å². The van der Waals surface area contributed by atoms with Gasteiger partial charge >= 0.3 is 0 Å². The van der Waals surface area contributed by atoms with Crippen molar-refractivity contribution < 1.29 is 4.52 Å². The highest BCUT2D eigenvalue weighted by Crippen LogP contribution is 2.14. The molecule has 1 aromatic rings. The maximum absolute atomic E-state index is 5.39. The molecular weight excluding hydrogens is 198 g/mol. The van der Waals surface area contributed by atoms with Crippen molar-refractivity contribution in [2.45, 2.75) is 37.7 Å². The molecule has 0 unspecified atom stereocenters. The van der Waals surface area contributed by atoms with Crippen LogP contribution in [0.3, 0.4) is 0 Å². The second-order valence-electron chi connectivity index (χ2n) is 3.36. The van der Waals surface area contributed by atoms with Crippen LogP contribution in [0.5, 0.6) is 0 Å². The molecule has 0 aromatic carbocycles. The number of hydrogen-bond donors (Lipinski definition) is 1. The quantitative estimate of drug-likeness (QED) is 0.781. The highest BCUT2D eigenvalue weighted by atomic mass is 32.2. The van der Waals surface area contributed by atoms with Crippen molar-refractivity contribution in [3.8, 4) is 0 Å². The fourth-order valence-corrected chi connectivity index (χ4v) is 1.54. The minimum Gasteiger partial charge on any atom is -0.339 e. The number of nitrogens with two attached hydrogens (primary N) is 1. The summed E-state index contributed by atoms with van der Waals surface area (Å²) in [6, 6.07) is 0. The predicted molar refractivity (Wildman–Crippen MR) is 58.1 cm³/mol. The number of hydrogen-bond acceptors (Lipinski definition) is 5. The molecule has 2 N–H and O–H groups in total. The topological polar surface area (TPSA) is 64.9 Å². The average Bonchev–Trinajstić information content (AvgIpc) is 2.59. The molecule has 4 nitrogen and oxygen atoms in total. The van der Waals surface area contributed by atoms with Crippen LogP contribution in [0.1, 0.15) is 32.0 Å². The van der Waals surface area contributed by atoms with E-state index < -0.39 is 0 Å². The van der Waals surface area contributed by atoms with E-state index in [1.54, 1.807) is 0 Å². The van der Waals surface area contributed by atoms with Crippen LogP contribution in [-0.2, 0) is 12.2 Å². The van der Waals surface area contributed by atoms with Gasteiger partial charge < -0.3 is 10.3 Å². The minimum absolute atomic E-state index is 0.598. The van der Waals surface area contributed by atoms with Gasteiger partial charge in [-0.05, 0) is 18.2 Å². The number of nitrogens with zero attached hydrogens (tertiary/aromatic N) is 2. The van der Waals surface area contributed by atoms with Crippen molar-refractivity contribution in [2.24, 2.45) is 5.73 Å². The first-order valence-electron chi connectivity index (χ1n) is 4.85. The molecule has 0 atom stereocenters. The first-order chi connectivity index (χ1) is 6.72. The first kappa shape index (κ1) is 11.5. The normalized spacial score (nSPS) is 11.1. The number of aromatic nitrogens is 2. The van der Waals surface area contributed by atoms with Crippen LogP contribution in [0.15, 0.2) is 4.52 Å². The molecule has 0 saturated carbocycles. The summed E-state index contributed by atoms with van der Waals surface area (Å²) >= 11 is 1.81. The van der Waals surface area contributed by atoms with Gasteiger partial charge in [-0.3, -0.25) is 0 Å². The summed E-state index contributed by atoms with van der Waals surface area (Å²) < 4.78 is 5.07. The lowest BCUT2D eigenvalue weighted by atomic mass is 10.3. The Hall–Kier alpha value is -0.550. The van der Waals surface area contributed by atoms with Crippen LogP contribution >= 0.6 is 11.8 Å². The Bertz CT molecular complexity index is 262. The molecule has 5 heteroatoms. The van der Waals surface area contributed by atoms with Crippen molar-refractivity contribution in [3.05, 3.63) is 11.7 Å². The SMILES string of the molecule is CC(C)SCc1noc(CCCN)n1. The van der Waals surface area contributed by atoms with Gasteiger partial charge in [0.1, 0.15) is 0 Å². The van der Waals surface area contributed by atoms with E-state index in [2.05, 4.69) is 24.0 Å². The molecule has 0 bridgehead atoms. The fourth-order valence-electron chi connectivity index (χ4n) is 0.945. The average molecular weight is 215 g/mol. The summed E-state index contributed by atoms with van der Waals surface area (Å²) in [7, 11) is 0. The molecule has 0 aliphatic carbocycles. The lowest BCUT2D eigenvalue weighted by Gasteiger charge is -1.98. The number of rotatable bonds is 6. The Morgan fingerprint density at radius 3 is 2.93 bits per heavy atom. The Morgan fingerprint density at radius 2 is 2.29 bits per heavy atom. The molecule has 0 amide bonds. The third-order valence-electron chi connectivity index (χ3n) is 1.65. The van der Waals surface area contributed by atoms with E-state index in [1.165, 1.54) is 0 Å². The van der Waals surface area contributed by atoms with Crippen LogP contribution in [-0.4, -0.2) is 21.9 Å². The molecule has 0 aliphatic rings. The smallest absolute Gasteiger partial charge is 0.226 e. The van der Waals surface area contributed by atoms with Crippen LogP contribution < -0.4 is 5.73 Å². The van der Waals surface area contributed by atoms with Gasteiger partial charge in [-0.1, -0.05) is 19.0 Å². The van der Waals surface area contributed by atoms with Crippen molar-refractivity contribution >= 4 is 11.8 Å². The second kappa shape index (κ2) is 6.03. The molecule has 1 rings (SSSR count). The van der Waals surface area contributed by atoms with Gasteiger partial charge in [0.15, 0.2) is 5.82 Å². The van der Waals surface area contributed by atoms with Crippen molar-refractivity contribution in [3.63, 3.8) is 0 Å². The molecule has 0 spiro atoms. The molecule has 1 heterocycles. The standard InChI is InChI=1S/C9H17N3OS/c1-7(2)14-6-8-11-9(13-12-8)4-3-5-10/h7H,3-6,10H2,1-2H3. The molecular formula is C9H17N3OS. The summed E-state index contributed by atoms with van der Waals surface area (Å²) in [5.74, 6) is 2.31. The molecule has 0 fully saturated rings. The number of aryl methyl sites for hydroxylation is 1. The summed E-state index contributed by atoms with van der Waals surface area (Å²) in [4.78, 5) is 4.27. The summed E-state index contributed by atoms with van der Waals surface area (Å²) in [6.07, 6.45) is 1.69. The van der Waals surface area contributed by atoms with Crippen molar-refractivity contribution in [1.82, 2.24) is 10.1 Å². The second-order valence-corrected chi connectivity index (χ2v) is 4.92. The predicted octanol–water partition coefficient (Wildman–Crippen LogP) is 1.60. The van der Waals surface area contributed by atoms with Gasteiger partial charge in [-0.15, -0.1) is 0 Å². The van der Waals surface area contributed by atoms with Crippen LogP contribution in [0.25, 0.3) is 0 Å². The highest BCUT2D eigenvalue weighted by Gasteiger charge is 2.06. The monoisotopic (exact) mass is 215 g/mol. The Labute approximate surface area is 88.6 Å². The van der Waals surface area contributed by atoms with Gasteiger partial charge in [-0.2, -0.15) is 16.7 Å². The Kier molecular flexibility index (Phi) is 4.97. The first-order valence-corrected chi connectivity index (χ1v) is 5.90. The van der Waals surface area contributed by atoms with E-state index in [9.17, 15) is 0 Å². The van der Waals surface area contributed by atoms with E-state index >= 15 is 0 Å². The molecule has 14 heavy (non-hydrogen) atoms. The zero-order chi connectivity index (χ0) is 10.4. The van der Waals surface area contributed by atoms with Crippen LogP contribution in [0, 0.1) is 0 Å². The largest absolute Gasteiger partial charge is 0.339 e. The zero-order valence-corrected chi connectivity index (χ0v) is 9.51. The summed E-state index contributed by atoms with van der Waals surface area (Å²) in [5, 5.41) is 4.49. The molecule has 1 aromatic heterocycles. The third-order valence-corrected chi connectivity index (χ3v) is 2.74.